The standard InChI is InChI=1S/C53H107NO2/c1-13-17-19-21-23-25-27-29-31-33-35-37-39-41-49(42-40-38-36-34-32-30-28-26-24-22-20-18-14-2)54(11)48-50(5,6)47-52(9,15-3)44-43-51(7,8)56-46-45-53(10,16-4)55-12/h29,31,49H,13-28,30,32-48H2,1-12H3/b31-29+/t49?,52-,53?/m0/s1. The second-order valence-electron chi connectivity index (χ2n) is 20.6. The van der Waals surface area contributed by atoms with Gasteiger partial charge in [-0.15, -0.1) is 0 Å². The zero-order valence-electron chi connectivity index (χ0n) is 41.0. The molecule has 0 aromatic heterocycles. The van der Waals surface area contributed by atoms with Crippen molar-refractivity contribution >= 4 is 0 Å². The van der Waals surface area contributed by atoms with E-state index in [-0.39, 0.29) is 16.6 Å². The third kappa shape index (κ3) is 31.5. The average molecular weight is 790 g/mol. The van der Waals surface area contributed by atoms with Crippen molar-refractivity contribution in [1.82, 2.24) is 4.90 Å². The third-order valence-electron chi connectivity index (χ3n) is 13.7. The van der Waals surface area contributed by atoms with Crippen LogP contribution in [0.2, 0.25) is 0 Å². The highest BCUT2D eigenvalue weighted by molar-refractivity contribution is 4.87. The summed E-state index contributed by atoms with van der Waals surface area (Å²) >= 11 is 0. The molecule has 0 aliphatic heterocycles. The van der Waals surface area contributed by atoms with Crippen molar-refractivity contribution in [3.05, 3.63) is 12.2 Å². The molecule has 336 valence electrons. The van der Waals surface area contributed by atoms with E-state index >= 15 is 0 Å². The van der Waals surface area contributed by atoms with E-state index in [1.165, 1.54) is 193 Å². The van der Waals surface area contributed by atoms with Gasteiger partial charge < -0.3 is 14.4 Å². The lowest BCUT2D eigenvalue weighted by Crippen LogP contribution is -2.41. The molecule has 0 saturated heterocycles. The predicted octanol–water partition coefficient (Wildman–Crippen LogP) is 17.6. The molecule has 2 unspecified atom stereocenters. The summed E-state index contributed by atoms with van der Waals surface area (Å²) in [5.74, 6) is 0. The highest BCUT2D eigenvalue weighted by Crippen LogP contribution is 2.42. The van der Waals surface area contributed by atoms with Gasteiger partial charge in [0.05, 0.1) is 17.8 Å². The van der Waals surface area contributed by atoms with Crippen LogP contribution in [-0.2, 0) is 9.47 Å². The average Bonchev–Trinajstić information content (AvgIpc) is 3.16. The van der Waals surface area contributed by atoms with Crippen LogP contribution in [0.5, 0.6) is 0 Å². The number of ether oxygens (including phenoxy) is 2. The van der Waals surface area contributed by atoms with Crippen molar-refractivity contribution in [2.45, 2.75) is 292 Å². The Bertz CT molecular complexity index is 875. The lowest BCUT2D eigenvalue weighted by atomic mass is 9.69. The van der Waals surface area contributed by atoms with E-state index in [4.69, 9.17) is 9.47 Å². The zero-order valence-corrected chi connectivity index (χ0v) is 41.0. The van der Waals surface area contributed by atoms with E-state index in [9.17, 15) is 0 Å². The first-order valence-corrected chi connectivity index (χ1v) is 25.2. The topological polar surface area (TPSA) is 21.7 Å². The minimum absolute atomic E-state index is 0.0847. The second kappa shape index (κ2) is 34.3. The molecule has 0 aliphatic carbocycles. The summed E-state index contributed by atoms with van der Waals surface area (Å²) in [6.45, 7) is 25.7. The monoisotopic (exact) mass is 790 g/mol. The molecule has 3 heteroatoms. The first-order chi connectivity index (χ1) is 26.7. The molecule has 3 atom stereocenters. The van der Waals surface area contributed by atoms with Crippen LogP contribution in [0, 0.1) is 10.8 Å². The van der Waals surface area contributed by atoms with Gasteiger partial charge in [0.15, 0.2) is 0 Å². The van der Waals surface area contributed by atoms with Crippen molar-refractivity contribution in [2.24, 2.45) is 10.8 Å². The summed E-state index contributed by atoms with van der Waals surface area (Å²) in [5, 5.41) is 0. The molecule has 56 heavy (non-hydrogen) atoms. The predicted molar refractivity (Wildman–Crippen MR) is 253 cm³/mol. The van der Waals surface area contributed by atoms with Gasteiger partial charge in [-0.25, -0.2) is 0 Å². The lowest BCUT2D eigenvalue weighted by Gasteiger charge is -2.42. The molecular formula is C53H107NO2. The van der Waals surface area contributed by atoms with E-state index in [0.717, 1.165) is 25.9 Å². The zero-order chi connectivity index (χ0) is 42.0. The highest BCUT2D eigenvalue weighted by atomic mass is 16.5. The Morgan fingerprint density at radius 2 is 0.946 bits per heavy atom. The van der Waals surface area contributed by atoms with Gasteiger partial charge in [-0.1, -0.05) is 195 Å². The van der Waals surface area contributed by atoms with E-state index in [2.05, 4.69) is 93.3 Å². The molecule has 0 aromatic rings. The molecule has 0 saturated carbocycles. The number of nitrogens with zero attached hydrogens (tertiary/aromatic N) is 1. The Morgan fingerprint density at radius 1 is 0.518 bits per heavy atom. The largest absolute Gasteiger partial charge is 0.378 e. The Kier molecular flexibility index (Phi) is 34.1. The molecule has 0 N–H and O–H groups in total. The summed E-state index contributed by atoms with van der Waals surface area (Å²) in [6, 6.07) is 0.714. The number of methoxy groups -OCH3 is 1. The first-order valence-electron chi connectivity index (χ1n) is 25.2. The molecule has 0 radical (unpaired) electrons. The van der Waals surface area contributed by atoms with Gasteiger partial charge in [-0.05, 0) is 109 Å². The maximum Gasteiger partial charge on any atom is 0.0670 e. The number of hydrogen-bond acceptors (Lipinski definition) is 3. The van der Waals surface area contributed by atoms with Crippen LogP contribution in [-0.4, -0.2) is 49.5 Å². The molecule has 0 fully saturated rings. The minimum Gasteiger partial charge on any atom is -0.378 e. The third-order valence-corrected chi connectivity index (χ3v) is 13.7. The van der Waals surface area contributed by atoms with Crippen molar-refractivity contribution in [2.75, 3.05) is 27.3 Å². The van der Waals surface area contributed by atoms with Crippen LogP contribution >= 0.6 is 0 Å². The Hall–Kier alpha value is -0.380. The van der Waals surface area contributed by atoms with Gasteiger partial charge in [0, 0.05) is 19.7 Å². The lowest BCUT2D eigenvalue weighted by molar-refractivity contribution is -0.0733. The molecular weight excluding hydrogens is 683 g/mol. The second-order valence-corrected chi connectivity index (χ2v) is 20.6. The van der Waals surface area contributed by atoms with Crippen LogP contribution in [0.1, 0.15) is 275 Å². The van der Waals surface area contributed by atoms with Crippen molar-refractivity contribution in [3.63, 3.8) is 0 Å². The van der Waals surface area contributed by atoms with Crippen LogP contribution in [0.4, 0.5) is 0 Å². The van der Waals surface area contributed by atoms with E-state index in [1.807, 2.05) is 7.11 Å². The van der Waals surface area contributed by atoms with Crippen molar-refractivity contribution in [3.8, 4) is 0 Å². The summed E-state index contributed by atoms with van der Waals surface area (Å²) in [5.41, 5.74) is 0.407. The van der Waals surface area contributed by atoms with Crippen LogP contribution < -0.4 is 0 Å². The number of hydrogen-bond donors (Lipinski definition) is 0. The van der Waals surface area contributed by atoms with Gasteiger partial charge in [-0.3, -0.25) is 0 Å². The molecule has 0 aliphatic rings. The molecule has 0 spiro atoms. The summed E-state index contributed by atoms with van der Waals surface area (Å²) in [6.07, 6.45) is 48.2. The molecule has 0 heterocycles. The SMILES string of the molecule is CCCCCCCC/C=C/CCCCCC(CCCCCCCCCCCCCCC)N(C)CC(C)(C)C[C@@](C)(CC)CCC(C)(C)OCCC(C)(CC)OC. The van der Waals surface area contributed by atoms with Gasteiger partial charge in [0.2, 0.25) is 0 Å². The smallest absolute Gasteiger partial charge is 0.0670 e. The van der Waals surface area contributed by atoms with Crippen LogP contribution in [0.3, 0.4) is 0 Å². The van der Waals surface area contributed by atoms with Gasteiger partial charge in [0.1, 0.15) is 0 Å². The maximum atomic E-state index is 6.50. The number of rotatable bonds is 42. The van der Waals surface area contributed by atoms with Gasteiger partial charge in [0.25, 0.3) is 0 Å². The van der Waals surface area contributed by atoms with Crippen molar-refractivity contribution in [1.29, 1.82) is 0 Å². The number of unbranched alkanes of at least 4 members (excludes halogenated alkanes) is 21. The first kappa shape index (κ1) is 55.6. The van der Waals surface area contributed by atoms with E-state index in [1.54, 1.807) is 0 Å². The maximum absolute atomic E-state index is 6.50. The molecule has 0 amide bonds. The minimum atomic E-state index is -0.109. The van der Waals surface area contributed by atoms with Crippen LogP contribution in [0.25, 0.3) is 0 Å². The summed E-state index contributed by atoms with van der Waals surface area (Å²) < 4.78 is 12.3. The Balaban J connectivity index is 5.00. The molecule has 0 bridgehead atoms. The van der Waals surface area contributed by atoms with Gasteiger partial charge >= 0.3 is 0 Å². The van der Waals surface area contributed by atoms with E-state index in [0.29, 0.717) is 11.5 Å². The molecule has 0 aromatic carbocycles. The fraction of sp³-hybridized carbons (Fsp3) is 0.962. The normalized spacial score (nSPS) is 15.5. The Labute approximate surface area is 355 Å². The molecule has 3 nitrogen and oxygen atoms in total. The number of allylic oxidation sites excluding steroid dienone is 2. The Morgan fingerprint density at radius 3 is 1.38 bits per heavy atom. The van der Waals surface area contributed by atoms with Gasteiger partial charge in [-0.2, -0.15) is 0 Å². The fourth-order valence-corrected chi connectivity index (χ4v) is 9.13. The fourth-order valence-electron chi connectivity index (χ4n) is 9.13. The highest BCUT2D eigenvalue weighted by Gasteiger charge is 2.35. The summed E-state index contributed by atoms with van der Waals surface area (Å²) in [4.78, 5) is 2.80. The summed E-state index contributed by atoms with van der Waals surface area (Å²) in [7, 11) is 4.30. The van der Waals surface area contributed by atoms with Crippen LogP contribution in [0.15, 0.2) is 12.2 Å². The molecule has 0 rings (SSSR count). The quantitative estimate of drug-likeness (QED) is 0.0454. The van der Waals surface area contributed by atoms with Crippen molar-refractivity contribution < 1.29 is 9.47 Å². The van der Waals surface area contributed by atoms with E-state index < -0.39 is 0 Å².